The van der Waals surface area contributed by atoms with E-state index < -0.39 is 0 Å². The fourth-order valence-electron chi connectivity index (χ4n) is 1.69. The summed E-state index contributed by atoms with van der Waals surface area (Å²) in [6.07, 6.45) is 4.80. The summed E-state index contributed by atoms with van der Waals surface area (Å²) < 4.78 is 0. The third-order valence-corrected chi connectivity index (χ3v) is 2.80. The van der Waals surface area contributed by atoms with Gasteiger partial charge in [-0.1, -0.05) is 31.7 Å². The van der Waals surface area contributed by atoms with Crippen molar-refractivity contribution in [3.63, 3.8) is 0 Å². The minimum Gasteiger partial charge on any atom is -0.508 e. The van der Waals surface area contributed by atoms with Crippen molar-refractivity contribution in [3.05, 3.63) is 47.6 Å². The summed E-state index contributed by atoms with van der Waals surface area (Å²) in [5.41, 5.74) is 4.55. The number of hydrogen-bond acceptors (Lipinski definition) is 1. The molecule has 80 valence electrons. The monoisotopic (exact) mass is 202 g/mol. The lowest BCUT2D eigenvalue weighted by Gasteiger charge is -2.12. The van der Waals surface area contributed by atoms with E-state index in [0.29, 0.717) is 5.75 Å². The lowest BCUT2D eigenvalue weighted by molar-refractivity contribution is 0.470. The quantitative estimate of drug-likeness (QED) is 0.735. The van der Waals surface area contributed by atoms with Crippen LogP contribution in [0.5, 0.6) is 5.75 Å². The summed E-state index contributed by atoms with van der Waals surface area (Å²) in [4.78, 5) is 0. The van der Waals surface area contributed by atoms with Gasteiger partial charge in [0.15, 0.2) is 0 Å². The number of benzene rings is 1. The van der Waals surface area contributed by atoms with Gasteiger partial charge in [-0.25, -0.2) is 0 Å². The van der Waals surface area contributed by atoms with E-state index in [1.165, 1.54) is 11.1 Å². The summed E-state index contributed by atoms with van der Waals surface area (Å²) in [5, 5.41) is 9.57. The normalized spacial score (nSPS) is 11.5. The van der Waals surface area contributed by atoms with Crippen LogP contribution in [0, 0.1) is 13.8 Å². The van der Waals surface area contributed by atoms with Crippen molar-refractivity contribution in [1.29, 1.82) is 0 Å². The number of phenols is 1. The number of allylic oxidation sites excluding steroid dienone is 3. The van der Waals surface area contributed by atoms with Gasteiger partial charge in [0, 0.05) is 0 Å². The first kappa shape index (κ1) is 11.6. The van der Waals surface area contributed by atoms with Gasteiger partial charge in [0.25, 0.3) is 0 Å². The van der Waals surface area contributed by atoms with Crippen molar-refractivity contribution < 1.29 is 5.11 Å². The molecule has 0 saturated carbocycles. The Balaban J connectivity index is 3.32. The second-order valence-corrected chi connectivity index (χ2v) is 3.66. The molecule has 1 aromatic rings. The molecule has 1 heteroatoms. The molecule has 0 amide bonds. The summed E-state index contributed by atoms with van der Waals surface area (Å²) >= 11 is 0. The van der Waals surface area contributed by atoms with Crippen LogP contribution >= 0.6 is 0 Å². The zero-order chi connectivity index (χ0) is 11.4. The fraction of sp³-hybridized carbons (Fsp3) is 0.286. The van der Waals surface area contributed by atoms with Gasteiger partial charge < -0.3 is 5.11 Å². The lowest BCUT2D eigenvalue weighted by Crippen LogP contribution is -1.91. The Hall–Kier alpha value is -1.50. The van der Waals surface area contributed by atoms with E-state index in [2.05, 4.69) is 13.5 Å². The summed E-state index contributed by atoms with van der Waals surface area (Å²) in [6, 6.07) is 3.72. The van der Waals surface area contributed by atoms with Crippen LogP contribution < -0.4 is 0 Å². The van der Waals surface area contributed by atoms with Crippen LogP contribution in [0.3, 0.4) is 0 Å². The zero-order valence-corrected chi connectivity index (χ0v) is 9.67. The molecule has 0 fully saturated rings. The van der Waals surface area contributed by atoms with Crippen molar-refractivity contribution in [1.82, 2.24) is 0 Å². The molecule has 1 N–H and O–H groups in total. The Morgan fingerprint density at radius 1 is 1.33 bits per heavy atom. The highest BCUT2D eigenvalue weighted by molar-refractivity contribution is 5.71. The van der Waals surface area contributed by atoms with Crippen LogP contribution in [0.15, 0.2) is 30.9 Å². The topological polar surface area (TPSA) is 20.2 Å². The summed E-state index contributed by atoms with van der Waals surface area (Å²) in [6.45, 7) is 9.82. The summed E-state index contributed by atoms with van der Waals surface area (Å²) in [5.74, 6) is 0.366. The first-order valence-electron chi connectivity index (χ1n) is 5.23. The minimum atomic E-state index is 0.366. The Bertz CT molecular complexity index is 400. The van der Waals surface area contributed by atoms with Crippen LogP contribution in [0.4, 0.5) is 0 Å². The molecule has 0 heterocycles. The van der Waals surface area contributed by atoms with Gasteiger partial charge in [-0.2, -0.15) is 0 Å². The standard InChI is InChI=1S/C14H18O/c1-5-7-12(6-2)13-8-9-14(15)11(4)10(13)3/h5,7-9,15H,1,6H2,2-4H3/b12-7-. The van der Waals surface area contributed by atoms with Crippen LogP contribution in [-0.2, 0) is 0 Å². The van der Waals surface area contributed by atoms with Crippen LogP contribution in [-0.4, -0.2) is 5.11 Å². The Morgan fingerprint density at radius 2 is 2.00 bits per heavy atom. The van der Waals surface area contributed by atoms with E-state index in [4.69, 9.17) is 0 Å². The molecule has 0 aliphatic rings. The first-order valence-corrected chi connectivity index (χ1v) is 5.23. The van der Waals surface area contributed by atoms with Gasteiger partial charge in [-0.05, 0) is 48.6 Å². The highest BCUT2D eigenvalue weighted by Gasteiger charge is 2.07. The lowest BCUT2D eigenvalue weighted by atomic mass is 9.94. The molecule has 1 aromatic carbocycles. The predicted octanol–water partition coefficient (Wildman–Crippen LogP) is 3.99. The molecule has 0 aliphatic carbocycles. The molecule has 15 heavy (non-hydrogen) atoms. The zero-order valence-electron chi connectivity index (χ0n) is 9.67. The second-order valence-electron chi connectivity index (χ2n) is 3.66. The van der Waals surface area contributed by atoms with Crippen molar-refractivity contribution >= 4 is 5.57 Å². The van der Waals surface area contributed by atoms with Gasteiger partial charge in [-0.3, -0.25) is 0 Å². The van der Waals surface area contributed by atoms with Crippen molar-refractivity contribution in [3.8, 4) is 5.75 Å². The van der Waals surface area contributed by atoms with E-state index in [0.717, 1.165) is 17.5 Å². The molecule has 0 unspecified atom stereocenters. The van der Waals surface area contributed by atoms with Crippen LogP contribution in [0.2, 0.25) is 0 Å². The molecule has 0 spiro atoms. The molecule has 0 aliphatic heterocycles. The number of hydrogen-bond donors (Lipinski definition) is 1. The molecule has 0 saturated heterocycles. The number of aromatic hydroxyl groups is 1. The van der Waals surface area contributed by atoms with Gasteiger partial charge in [-0.15, -0.1) is 0 Å². The van der Waals surface area contributed by atoms with E-state index in [1.54, 1.807) is 12.1 Å². The maximum atomic E-state index is 9.57. The van der Waals surface area contributed by atoms with Crippen molar-refractivity contribution in [2.24, 2.45) is 0 Å². The maximum absolute atomic E-state index is 9.57. The first-order chi connectivity index (χ1) is 7.11. The predicted molar refractivity (Wildman–Crippen MR) is 66.0 cm³/mol. The maximum Gasteiger partial charge on any atom is 0.118 e. The minimum absolute atomic E-state index is 0.366. The van der Waals surface area contributed by atoms with Crippen LogP contribution in [0.25, 0.3) is 5.57 Å². The van der Waals surface area contributed by atoms with Crippen LogP contribution in [0.1, 0.15) is 30.0 Å². The van der Waals surface area contributed by atoms with E-state index in [-0.39, 0.29) is 0 Å². The average Bonchev–Trinajstić information content (AvgIpc) is 2.24. The third-order valence-electron chi connectivity index (χ3n) is 2.80. The molecule has 1 rings (SSSR count). The van der Waals surface area contributed by atoms with E-state index >= 15 is 0 Å². The molecular weight excluding hydrogens is 184 g/mol. The highest BCUT2D eigenvalue weighted by Crippen LogP contribution is 2.28. The molecule has 0 atom stereocenters. The van der Waals surface area contributed by atoms with E-state index in [1.807, 2.05) is 26.0 Å². The third kappa shape index (κ3) is 2.30. The summed E-state index contributed by atoms with van der Waals surface area (Å²) in [7, 11) is 0. The van der Waals surface area contributed by atoms with Crippen molar-refractivity contribution in [2.75, 3.05) is 0 Å². The molecule has 0 aromatic heterocycles. The second kappa shape index (κ2) is 4.83. The van der Waals surface area contributed by atoms with Gasteiger partial charge in [0.2, 0.25) is 0 Å². The fourth-order valence-corrected chi connectivity index (χ4v) is 1.69. The van der Waals surface area contributed by atoms with Gasteiger partial charge in [0.05, 0.1) is 0 Å². The smallest absolute Gasteiger partial charge is 0.118 e. The molecule has 0 radical (unpaired) electrons. The molecular formula is C14H18O. The largest absolute Gasteiger partial charge is 0.508 e. The Labute approximate surface area is 91.8 Å². The van der Waals surface area contributed by atoms with Crippen molar-refractivity contribution in [2.45, 2.75) is 27.2 Å². The average molecular weight is 202 g/mol. The van der Waals surface area contributed by atoms with Gasteiger partial charge in [0.1, 0.15) is 5.75 Å². The van der Waals surface area contributed by atoms with E-state index in [9.17, 15) is 5.11 Å². The SMILES string of the molecule is C=C/C=C(/CC)c1ccc(O)c(C)c1C. The Kier molecular flexibility index (Phi) is 3.73. The Morgan fingerprint density at radius 3 is 2.53 bits per heavy atom. The van der Waals surface area contributed by atoms with Gasteiger partial charge >= 0.3 is 0 Å². The highest BCUT2D eigenvalue weighted by atomic mass is 16.3. The number of rotatable bonds is 3. The molecule has 0 bridgehead atoms. The number of phenolic OH excluding ortho intramolecular Hbond substituents is 1. The molecule has 1 nitrogen and oxygen atoms in total.